The van der Waals surface area contributed by atoms with E-state index in [9.17, 15) is 10.1 Å². The summed E-state index contributed by atoms with van der Waals surface area (Å²) in [6, 6.07) is 4.97. The molecule has 20 heavy (non-hydrogen) atoms. The number of nitrogens with zero attached hydrogens (tertiary/aromatic N) is 1. The maximum Gasteiger partial charge on any atom is 0.310 e. The van der Waals surface area contributed by atoms with E-state index in [0.29, 0.717) is 25.5 Å². The SMILES string of the molecule is CCCCOc1cc(CNCCOC)ccc1[N+](=O)[O-]. The molecule has 0 radical (unpaired) electrons. The van der Waals surface area contributed by atoms with Crippen molar-refractivity contribution >= 4 is 5.69 Å². The summed E-state index contributed by atoms with van der Waals surface area (Å²) in [7, 11) is 1.65. The summed E-state index contributed by atoms with van der Waals surface area (Å²) < 4.78 is 10.5. The lowest BCUT2D eigenvalue weighted by Crippen LogP contribution is -2.18. The lowest BCUT2D eigenvalue weighted by Gasteiger charge is -2.09. The minimum Gasteiger partial charge on any atom is -0.487 e. The Morgan fingerprint density at radius 1 is 1.35 bits per heavy atom. The van der Waals surface area contributed by atoms with Gasteiger partial charge in [-0.2, -0.15) is 0 Å². The first-order chi connectivity index (χ1) is 9.69. The van der Waals surface area contributed by atoms with E-state index in [1.54, 1.807) is 19.2 Å². The molecule has 0 saturated carbocycles. The fourth-order valence-electron chi connectivity index (χ4n) is 1.67. The molecule has 1 N–H and O–H groups in total. The summed E-state index contributed by atoms with van der Waals surface area (Å²) in [5.74, 6) is 0.342. The van der Waals surface area contributed by atoms with Crippen molar-refractivity contribution in [1.29, 1.82) is 0 Å². The van der Waals surface area contributed by atoms with Crippen molar-refractivity contribution in [2.45, 2.75) is 26.3 Å². The largest absolute Gasteiger partial charge is 0.487 e. The number of nitrogens with one attached hydrogen (secondary N) is 1. The van der Waals surface area contributed by atoms with Crippen LogP contribution >= 0.6 is 0 Å². The maximum absolute atomic E-state index is 11.0. The molecule has 0 fully saturated rings. The van der Waals surface area contributed by atoms with Gasteiger partial charge in [-0.05, 0) is 18.1 Å². The van der Waals surface area contributed by atoms with Crippen molar-refractivity contribution in [3.8, 4) is 5.75 Å². The number of benzene rings is 1. The summed E-state index contributed by atoms with van der Waals surface area (Å²) in [6.45, 7) is 4.55. The molecule has 0 aliphatic carbocycles. The van der Waals surface area contributed by atoms with Gasteiger partial charge in [0, 0.05) is 26.3 Å². The topological polar surface area (TPSA) is 73.6 Å². The molecular formula is C14H22N2O4. The minimum absolute atomic E-state index is 0.0155. The summed E-state index contributed by atoms with van der Waals surface area (Å²) >= 11 is 0. The van der Waals surface area contributed by atoms with Crippen molar-refractivity contribution in [1.82, 2.24) is 5.32 Å². The van der Waals surface area contributed by atoms with Gasteiger partial charge in [0.1, 0.15) is 0 Å². The number of hydrogen-bond donors (Lipinski definition) is 1. The van der Waals surface area contributed by atoms with E-state index in [2.05, 4.69) is 5.32 Å². The second kappa shape index (κ2) is 9.28. The number of nitro benzene ring substituents is 1. The summed E-state index contributed by atoms with van der Waals surface area (Å²) in [5.41, 5.74) is 0.972. The lowest BCUT2D eigenvalue weighted by molar-refractivity contribution is -0.385. The van der Waals surface area contributed by atoms with Crippen LogP contribution in [0.25, 0.3) is 0 Å². The summed E-state index contributed by atoms with van der Waals surface area (Å²) in [6.07, 6.45) is 1.87. The van der Waals surface area contributed by atoms with E-state index in [4.69, 9.17) is 9.47 Å². The molecule has 6 heteroatoms. The van der Waals surface area contributed by atoms with E-state index >= 15 is 0 Å². The van der Waals surface area contributed by atoms with Gasteiger partial charge in [0.15, 0.2) is 5.75 Å². The van der Waals surface area contributed by atoms with Gasteiger partial charge in [0.2, 0.25) is 0 Å². The fraction of sp³-hybridized carbons (Fsp3) is 0.571. The van der Waals surface area contributed by atoms with Crippen LogP contribution in [-0.4, -0.2) is 31.8 Å². The van der Waals surface area contributed by atoms with E-state index in [0.717, 1.165) is 24.9 Å². The Labute approximate surface area is 119 Å². The molecule has 1 aromatic carbocycles. The molecule has 0 unspecified atom stereocenters. The Kier molecular flexibility index (Phi) is 7.60. The first-order valence-electron chi connectivity index (χ1n) is 6.78. The Bertz CT molecular complexity index is 424. The van der Waals surface area contributed by atoms with Crippen LogP contribution in [0, 0.1) is 10.1 Å². The molecule has 0 saturated heterocycles. The second-order valence-corrected chi connectivity index (χ2v) is 4.43. The van der Waals surface area contributed by atoms with Crippen molar-refractivity contribution in [3.05, 3.63) is 33.9 Å². The highest BCUT2D eigenvalue weighted by atomic mass is 16.6. The molecule has 0 atom stereocenters. The van der Waals surface area contributed by atoms with E-state index in [1.807, 2.05) is 6.92 Å². The highest BCUT2D eigenvalue weighted by Gasteiger charge is 2.15. The van der Waals surface area contributed by atoms with Crippen LogP contribution in [0.5, 0.6) is 5.75 Å². The van der Waals surface area contributed by atoms with E-state index in [1.165, 1.54) is 6.07 Å². The standard InChI is InChI=1S/C14H22N2O4/c1-3-4-8-20-14-10-12(11-15-7-9-19-2)5-6-13(14)16(17)18/h5-6,10,15H,3-4,7-9,11H2,1-2H3. The zero-order valence-electron chi connectivity index (χ0n) is 12.1. The predicted molar refractivity (Wildman–Crippen MR) is 77.1 cm³/mol. The zero-order chi connectivity index (χ0) is 14.8. The summed E-state index contributed by atoms with van der Waals surface area (Å²) in [4.78, 5) is 10.5. The van der Waals surface area contributed by atoms with Gasteiger partial charge in [0.05, 0.1) is 18.1 Å². The number of methoxy groups -OCH3 is 1. The quantitative estimate of drug-likeness (QED) is 0.405. The molecule has 0 heterocycles. The number of nitro groups is 1. The second-order valence-electron chi connectivity index (χ2n) is 4.43. The van der Waals surface area contributed by atoms with E-state index < -0.39 is 4.92 Å². The fourth-order valence-corrected chi connectivity index (χ4v) is 1.67. The number of hydrogen-bond acceptors (Lipinski definition) is 5. The minimum atomic E-state index is -0.413. The van der Waals surface area contributed by atoms with Gasteiger partial charge in [-0.1, -0.05) is 19.4 Å². The Balaban J connectivity index is 2.68. The van der Waals surface area contributed by atoms with Gasteiger partial charge < -0.3 is 14.8 Å². The monoisotopic (exact) mass is 282 g/mol. The Morgan fingerprint density at radius 2 is 2.15 bits per heavy atom. The Hall–Kier alpha value is -1.66. The molecule has 0 aromatic heterocycles. The van der Waals surface area contributed by atoms with Crippen LogP contribution < -0.4 is 10.1 Å². The first kappa shape index (κ1) is 16.4. The number of ether oxygens (including phenoxy) is 2. The molecule has 0 amide bonds. The molecule has 0 aliphatic rings. The first-order valence-corrected chi connectivity index (χ1v) is 6.78. The van der Waals surface area contributed by atoms with Gasteiger partial charge in [-0.3, -0.25) is 10.1 Å². The molecule has 0 bridgehead atoms. The van der Waals surface area contributed by atoms with Crippen LogP contribution in [-0.2, 0) is 11.3 Å². The number of rotatable bonds is 10. The van der Waals surface area contributed by atoms with E-state index in [-0.39, 0.29) is 5.69 Å². The van der Waals surface area contributed by atoms with Gasteiger partial charge in [0.25, 0.3) is 0 Å². The maximum atomic E-state index is 11.0. The molecule has 1 aromatic rings. The average Bonchev–Trinajstić information content (AvgIpc) is 2.44. The third-order valence-electron chi connectivity index (χ3n) is 2.79. The normalized spacial score (nSPS) is 10.5. The highest BCUT2D eigenvalue weighted by Crippen LogP contribution is 2.28. The van der Waals surface area contributed by atoms with Crippen LogP contribution in [0.4, 0.5) is 5.69 Å². The molecule has 1 rings (SSSR count). The van der Waals surface area contributed by atoms with Crippen molar-refractivity contribution in [2.24, 2.45) is 0 Å². The predicted octanol–water partition coefficient (Wildman–Crippen LogP) is 2.51. The van der Waals surface area contributed by atoms with Gasteiger partial charge >= 0.3 is 5.69 Å². The molecule has 0 spiro atoms. The van der Waals surface area contributed by atoms with Crippen LogP contribution in [0.1, 0.15) is 25.3 Å². The Morgan fingerprint density at radius 3 is 2.80 bits per heavy atom. The van der Waals surface area contributed by atoms with Gasteiger partial charge in [-0.25, -0.2) is 0 Å². The zero-order valence-corrected chi connectivity index (χ0v) is 12.1. The van der Waals surface area contributed by atoms with Crippen molar-refractivity contribution in [3.63, 3.8) is 0 Å². The van der Waals surface area contributed by atoms with Gasteiger partial charge in [-0.15, -0.1) is 0 Å². The van der Waals surface area contributed by atoms with Crippen molar-refractivity contribution < 1.29 is 14.4 Å². The average molecular weight is 282 g/mol. The lowest BCUT2D eigenvalue weighted by atomic mass is 10.2. The molecule has 6 nitrogen and oxygen atoms in total. The molecular weight excluding hydrogens is 260 g/mol. The summed E-state index contributed by atoms with van der Waals surface area (Å²) in [5, 5.41) is 14.2. The third kappa shape index (κ3) is 5.54. The smallest absolute Gasteiger partial charge is 0.310 e. The van der Waals surface area contributed by atoms with Crippen LogP contribution in [0.2, 0.25) is 0 Å². The highest BCUT2D eigenvalue weighted by molar-refractivity contribution is 5.48. The van der Waals surface area contributed by atoms with Crippen LogP contribution in [0.3, 0.4) is 0 Å². The third-order valence-corrected chi connectivity index (χ3v) is 2.79. The number of unbranched alkanes of at least 4 members (excludes halogenated alkanes) is 1. The van der Waals surface area contributed by atoms with Crippen LogP contribution in [0.15, 0.2) is 18.2 Å². The van der Waals surface area contributed by atoms with Crippen molar-refractivity contribution in [2.75, 3.05) is 26.9 Å². The molecule has 112 valence electrons. The molecule has 0 aliphatic heterocycles.